The lowest BCUT2D eigenvalue weighted by atomic mass is 9.99. The van der Waals surface area contributed by atoms with Crippen LogP contribution < -0.4 is 19.8 Å². The summed E-state index contributed by atoms with van der Waals surface area (Å²) in [6.07, 6.45) is 0. The molecule has 0 spiro atoms. The molecule has 0 aliphatic carbocycles. The van der Waals surface area contributed by atoms with Gasteiger partial charge in [-0.3, -0.25) is 0 Å². The van der Waals surface area contributed by atoms with Crippen LogP contribution in [0.4, 0.5) is 0 Å². The van der Waals surface area contributed by atoms with E-state index >= 15 is 0 Å². The van der Waals surface area contributed by atoms with E-state index in [4.69, 9.17) is 13.6 Å². The van der Waals surface area contributed by atoms with E-state index in [2.05, 4.69) is 77.9 Å². The Kier molecular flexibility index (Phi) is 7.71. The smallest absolute Gasteiger partial charge is 0.182 e. The van der Waals surface area contributed by atoms with Gasteiger partial charge in [0.1, 0.15) is 11.5 Å². The minimum absolute atomic E-state index is 0.146. The van der Waals surface area contributed by atoms with Gasteiger partial charge in [0.15, 0.2) is 19.5 Å². The second-order valence-electron chi connectivity index (χ2n) is 9.41. The van der Waals surface area contributed by atoms with Gasteiger partial charge in [0.05, 0.1) is 13.2 Å². The zero-order valence-electron chi connectivity index (χ0n) is 17.7. The Balaban J connectivity index is 1.95. The van der Waals surface area contributed by atoms with E-state index in [0.29, 0.717) is 13.2 Å². The largest absolute Gasteiger partial charge is 0.493 e. The van der Waals surface area contributed by atoms with Gasteiger partial charge in [0.2, 0.25) is 0 Å². The fraction of sp³-hybridized carbons (Fsp3) is 0.455. The summed E-state index contributed by atoms with van der Waals surface area (Å²) in [6.45, 7) is 14.5. The normalized spacial score (nSPS) is 13.0. The van der Waals surface area contributed by atoms with Crippen molar-refractivity contribution < 1.29 is 13.6 Å². The Labute approximate surface area is 169 Å². The van der Waals surface area contributed by atoms with Gasteiger partial charge in [-0.15, -0.1) is 0 Å². The van der Waals surface area contributed by atoms with E-state index in [-0.39, 0.29) is 10.8 Å². The van der Waals surface area contributed by atoms with E-state index in [9.17, 15) is 0 Å². The molecule has 0 aliphatic rings. The van der Waals surface area contributed by atoms with Crippen LogP contribution in [-0.2, 0) is 4.12 Å². The van der Waals surface area contributed by atoms with Crippen LogP contribution in [-0.4, -0.2) is 32.7 Å². The van der Waals surface area contributed by atoms with Crippen LogP contribution in [0.25, 0.3) is 0 Å². The SMILES string of the molecule is CC(C)(C)COc1ccccc1[SiH2]O[SiH2]c1ccccc1OCC(C)(C)C. The van der Waals surface area contributed by atoms with Crippen LogP contribution in [0.5, 0.6) is 11.5 Å². The van der Waals surface area contributed by atoms with Crippen molar-refractivity contribution in [3.63, 3.8) is 0 Å². The predicted octanol–water partition coefficient (Wildman–Crippen LogP) is 2.67. The third kappa shape index (κ3) is 8.32. The van der Waals surface area contributed by atoms with E-state index in [0.717, 1.165) is 11.5 Å². The Bertz CT molecular complexity index is 656. The van der Waals surface area contributed by atoms with Gasteiger partial charge in [-0.25, -0.2) is 0 Å². The van der Waals surface area contributed by atoms with Crippen LogP contribution >= 0.6 is 0 Å². The molecule has 0 saturated heterocycles. The Morgan fingerprint density at radius 2 is 1.00 bits per heavy atom. The molecular formula is C22H34O3Si2. The van der Waals surface area contributed by atoms with Crippen LogP contribution in [0.1, 0.15) is 41.5 Å². The van der Waals surface area contributed by atoms with Crippen molar-refractivity contribution >= 4 is 29.9 Å². The first kappa shape index (κ1) is 21.7. The second-order valence-corrected chi connectivity index (χ2v) is 13.1. The molecule has 148 valence electrons. The molecule has 0 radical (unpaired) electrons. The van der Waals surface area contributed by atoms with Crippen molar-refractivity contribution in [1.82, 2.24) is 0 Å². The molecule has 2 rings (SSSR count). The molecule has 0 fully saturated rings. The van der Waals surface area contributed by atoms with Gasteiger partial charge >= 0.3 is 0 Å². The molecule has 27 heavy (non-hydrogen) atoms. The Morgan fingerprint density at radius 3 is 1.37 bits per heavy atom. The lowest BCUT2D eigenvalue weighted by molar-refractivity contribution is 0.199. The van der Waals surface area contributed by atoms with Crippen molar-refractivity contribution in [2.24, 2.45) is 10.8 Å². The maximum Gasteiger partial charge on any atom is 0.182 e. The van der Waals surface area contributed by atoms with E-state index in [1.165, 1.54) is 10.4 Å². The Hall–Kier alpha value is -1.57. The molecule has 0 unspecified atom stereocenters. The molecule has 0 heterocycles. The number of hydrogen-bond acceptors (Lipinski definition) is 3. The lowest BCUT2D eigenvalue weighted by Crippen LogP contribution is -2.29. The number of ether oxygens (including phenoxy) is 2. The topological polar surface area (TPSA) is 27.7 Å². The summed E-state index contributed by atoms with van der Waals surface area (Å²) < 4.78 is 18.4. The number of benzene rings is 2. The highest BCUT2D eigenvalue weighted by molar-refractivity contribution is 6.61. The van der Waals surface area contributed by atoms with Gasteiger partial charge in [0.25, 0.3) is 0 Å². The highest BCUT2D eigenvalue weighted by Crippen LogP contribution is 2.17. The maximum absolute atomic E-state index is 6.27. The molecule has 0 aromatic heterocycles. The molecule has 0 aliphatic heterocycles. The van der Waals surface area contributed by atoms with Crippen LogP contribution in [0.2, 0.25) is 0 Å². The molecule has 2 aromatic carbocycles. The van der Waals surface area contributed by atoms with Crippen molar-refractivity contribution in [3.05, 3.63) is 48.5 Å². The molecular weight excluding hydrogens is 368 g/mol. The van der Waals surface area contributed by atoms with Gasteiger partial charge in [0, 0.05) is 10.4 Å². The van der Waals surface area contributed by atoms with E-state index in [1.54, 1.807) is 0 Å². The minimum Gasteiger partial charge on any atom is -0.493 e. The fourth-order valence-corrected chi connectivity index (χ4v) is 5.74. The fourth-order valence-electron chi connectivity index (χ4n) is 2.39. The number of rotatable bonds is 8. The quantitative estimate of drug-likeness (QED) is 0.636. The number of hydrogen-bond donors (Lipinski definition) is 0. The lowest BCUT2D eigenvalue weighted by Gasteiger charge is -2.21. The second kappa shape index (κ2) is 9.58. The zero-order valence-corrected chi connectivity index (χ0v) is 20.5. The third-order valence-corrected chi connectivity index (χ3v) is 7.21. The summed E-state index contributed by atoms with van der Waals surface area (Å²) in [5.41, 5.74) is 0.293. The summed E-state index contributed by atoms with van der Waals surface area (Å²) in [6, 6.07) is 16.6. The molecule has 0 amide bonds. The van der Waals surface area contributed by atoms with Gasteiger partial charge in [-0.1, -0.05) is 77.9 Å². The van der Waals surface area contributed by atoms with Crippen molar-refractivity contribution in [3.8, 4) is 11.5 Å². The molecule has 0 N–H and O–H groups in total. The summed E-state index contributed by atoms with van der Waals surface area (Å²) in [4.78, 5) is 0. The van der Waals surface area contributed by atoms with Crippen molar-refractivity contribution in [2.45, 2.75) is 41.5 Å². The van der Waals surface area contributed by atoms with E-state index < -0.39 is 19.5 Å². The molecule has 0 atom stereocenters. The monoisotopic (exact) mass is 402 g/mol. The first-order valence-electron chi connectivity index (χ1n) is 9.63. The number of para-hydroxylation sites is 2. The summed E-state index contributed by atoms with van der Waals surface area (Å²) >= 11 is 0. The van der Waals surface area contributed by atoms with Crippen LogP contribution in [0.3, 0.4) is 0 Å². The predicted molar refractivity (Wildman–Crippen MR) is 120 cm³/mol. The standard InChI is InChI=1S/C22H34O3Si2/c1-21(2,3)15-23-17-11-7-9-13-19(17)26-25-27-20-14-10-8-12-18(20)24-16-22(4,5)6/h7-14H,15-16,26-27H2,1-6H3. The first-order chi connectivity index (χ1) is 12.6. The highest BCUT2D eigenvalue weighted by atomic mass is 28.3. The molecule has 5 heteroatoms. The molecule has 3 nitrogen and oxygen atoms in total. The van der Waals surface area contributed by atoms with Gasteiger partial charge in [-0.2, -0.15) is 0 Å². The van der Waals surface area contributed by atoms with Crippen molar-refractivity contribution in [1.29, 1.82) is 0 Å². The molecule has 0 saturated carbocycles. The summed E-state index contributed by atoms with van der Waals surface area (Å²) in [5.74, 6) is 1.95. The highest BCUT2D eigenvalue weighted by Gasteiger charge is 2.14. The van der Waals surface area contributed by atoms with Crippen LogP contribution in [0, 0.1) is 10.8 Å². The molecule has 0 bridgehead atoms. The molecule has 2 aromatic rings. The maximum atomic E-state index is 6.27. The Morgan fingerprint density at radius 1 is 0.630 bits per heavy atom. The van der Waals surface area contributed by atoms with E-state index in [1.807, 2.05) is 12.1 Å². The summed E-state index contributed by atoms with van der Waals surface area (Å²) in [7, 11) is -1.65. The van der Waals surface area contributed by atoms with Gasteiger partial charge < -0.3 is 13.6 Å². The first-order valence-corrected chi connectivity index (χ1v) is 12.2. The summed E-state index contributed by atoms with van der Waals surface area (Å²) in [5, 5.41) is 2.48. The van der Waals surface area contributed by atoms with Crippen molar-refractivity contribution in [2.75, 3.05) is 13.2 Å². The minimum atomic E-state index is -0.824. The van der Waals surface area contributed by atoms with Gasteiger partial charge in [-0.05, 0) is 23.0 Å². The average Bonchev–Trinajstić information content (AvgIpc) is 2.58. The zero-order chi connectivity index (χ0) is 19.9. The average molecular weight is 403 g/mol. The third-order valence-electron chi connectivity index (χ3n) is 3.78. The van der Waals surface area contributed by atoms with Crippen LogP contribution in [0.15, 0.2) is 48.5 Å².